The molecule has 0 radical (unpaired) electrons. The van der Waals surface area contributed by atoms with Gasteiger partial charge in [-0.15, -0.1) is 0 Å². The van der Waals surface area contributed by atoms with Gasteiger partial charge in [-0.1, -0.05) is 11.8 Å². The van der Waals surface area contributed by atoms with E-state index in [0.29, 0.717) is 48.5 Å². The number of hydrogen-bond donors (Lipinski definition) is 3. The fourth-order valence-electron chi connectivity index (χ4n) is 4.87. The van der Waals surface area contributed by atoms with Gasteiger partial charge in [-0.05, 0) is 31.7 Å². The van der Waals surface area contributed by atoms with Gasteiger partial charge in [-0.2, -0.15) is 14.3 Å². The van der Waals surface area contributed by atoms with E-state index in [1.807, 2.05) is 19.3 Å². The molecule has 2 aliphatic rings. The quantitative estimate of drug-likeness (QED) is 0.244. The van der Waals surface area contributed by atoms with Crippen LogP contribution in [0.4, 0.5) is 17.3 Å². The van der Waals surface area contributed by atoms with Crippen molar-refractivity contribution in [2.45, 2.75) is 37.0 Å². The van der Waals surface area contributed by atoms with E-state index >= 15 is 0 Å². The molecule has 42 heavy (non-hydrogen) atoms. The molecule has 0 spiro atoms. The van der Waals surface area contributed by atoms with Gasteiger partial charge in [-0.3, -0.25) is 4.68 Å². The molecule has 0 bridgehead atoms. The van der Waals surface area contributed by atoms with Gasteiger partial charge in [0.2, 0.25) is 0 Å². The lowest BCUT2D eigenvalue weighted by Gasteiger charge is -2.34. The molecule has 6 rings (SSSR count). The third-order valence-electron chi connectivity index (χ3n) is 7.25. The number of nitrogens with one attached hydrogen (secondary N) is 2. The maximum absolute atomic E-state index is 12.5. The standard InChI is InChI=1S/C28H32N10O3S/c1-36-18-20(15-32-36)2-3-21-16-31-27(14-25(21)37-11-7-23(8-12-37)29-10-13-39)34-26-6-9-30-28(35-26)22-17-33-38(19-22)42(40,41)24-4-5-24/h6,9,14-19,23-24,29,39H,4-5,7-8,10-13H2,1H3,(H,30,31,34,35). The molecule has 5 heterocycles. The van der Waals surface area contributed by atoms with Crippen molar-refractivity contribution in [2.75, 3.05) is 36.5 Å². The highest BCUT2D eigenvalue weighted by molar-refractivity contribution is 7.90. The molecule has 0 amide bonds. The first-order valence-electron chi connectivity index (χ1n) is 13.9. The maximum atomic E-state index is 12.5. The van der Waals surface area contributed by atoms with Gasteiger partial charge in [0.25, 0.3) is 10.0 Å². The first-order chi connectivity index (χ1) is 20.4. The summed E-state index contributed by atoms with van der Waals surface area (Å²) in [4.78, 5) is 15.8. The van der Waals surface area contributed by atoms with E-state index in [1.165, 1.54) is 12.4 Å². The van der Waals surface area contributed by atoms with Crippen LogP contribution < -0.4 is 15.5 Å². The Morgan fingerprint density at radius 2 is 1.86 bits per heavy atom. The first kappa shape index (κ1) is 27.8. The largest absolute Gasteiger partial charge is 0.395 e. The predicted molar refractivity (Wildman–Crippen MR) is 158 cm³/mol. The number of pyridine rings is 1. The number of aliphatic hydroxyl groups excluding tert-OH is 1. The Morgan fingerprint density at radius 1 is 1.02 bits per heavy atom. The van der Waals surface area contributed by atoms with Crippen LogP contribution in [0.3, 0.4) is 0 Å². The van der Waals surface area contributed by atoms with E-state index in [0.717, 1.165) is 46.8 Å². The van der Waals surface area contributed by atoms with E-state index in [9.17, 15) is 8.42 Å². The summed E-state index contributed by atoms with van der Waals surface area (Å²) in [7, 11) is -1.62. The molecule has 1 aliphatic heterocycles. The highest BCUT2D eigenvalue weighted by atomic mass is 32.2. The zero-order valence-electron chi connectivity index (χ0n) is 23.2. The fraction of sp³-hybridized carbons (Fsp3) is 0.393. The Kier molecular flexibility index (Phi) is 7.88. The second-order valence-corrected chi connectivity index (χ2v) is 12.5. The van der Waals surface area contributed by atoms with Crippen molar-refractivity contribution in [3.8, 4) is 23.2 Å². The van der Waals surface area contributed by atoms with Crippen LogP contribution in [0.5, 0.6) is 0 Å². The molecule has 14 heteroatoms. The van der Waals surface area contributed by atoms with Crippen LogP contribution >= 0.6 is 0 Å². The Bertz CT molecular complexity index is 1730. The Hall–Kier alpha value is -4.32. The van der Waals surface area contributed by atoms with Gasteiger partial charge in [0.1, 0.15) is 11.6 Å². The van der Waals surface area contributed by atoms with E-state index in [-0.39, 0.29) is 11.9 Å². The fourth-order valence-corrected chi connectivity index (χ4v) is 6.34. The molecule has 2 fully saturated rings. The summed E-state index contributed by atoms with van der Waals surface area (Å²) in [6, 6.07) is 4.06. The number of aryl methyl sites for hydroxylation is 1. The third-order valence-corrected chi connectivity index (χ3v) is 9.28. The molecule has 218 valence electrons. The zero-order chi connectivity index (χ0) is 29.1. The van der Waals surface area contributed by atoms with Gasteiger partial charge in [-0.25, -0.2) is 23.4 Å². The van der Waals surface area contributed by atoms with E-state index in [4.69, 9.17) is 5.11 Å². The number of aromatic nitrogens is 7. The van der Waals surface area contributed by atoms with Crippen LogP contribution in [0.1, 0.15) is 36.8 Å². The molecule has 0 aromatic carbocycles. The molecule has 4 aromatic rings. The third kappa shape index (κ3) is 6.28. The van der Waals surface area contributed by atoms with Crippen molar-refractivity contribution >= 4 is 27.3 Å². The Balaban J connectivity index is 1.24. The summed E-state index contributed by atoms with van der Waals surface area (Å²) in [5, 5.41) is 23.7. The van der Waals surface area contributed by atoms with Crippen molar-refractivity contribution < 1.29 is 13.5 Å². The lowest BCUT2D eigenvalue weighted by Crippen LogP contribution is -2.43. The molecule has 1 aliphatic carbocycles. The van der Waals surface area contributed by atoms with Crippen LogP contribution in [-0.2, 0) is 17.1 Å². The van der Waals surface area contributed by atoms with Crippen molar-refractivity contribution in [3.05, 3.63) is 60.4 Å². The summed E-state index contributed by atoms with van der Waals surface area (Å²) in [5.74, 6) is 7.91. The molecule has 1 saturated heterocycles. The number of hydrogen-bond acceptors (Lipinski definition) is 11. The number of nitrogens with zero attached hydrogens (tertiary/aromatic N) is 8. The molecule has 3 N–H and O–H groups in total. The van der Waals surface area contributed by atoms with Crippen molar-refractivity contribution in [2.24, 2.45) is 7.05 Å². The first-order valence-corrected chi connectivity index (χ1v) is 15.4. The highest BCUT2D eigenvalue weighted by Gasteiger charge is 2.37. The minimum Gasteiger partial charge on any atom is -0.395 e. The predicted octanol–water partition coefficient (Wildman–Crippen LogP) is 1.50. The lowest BCUT2D eigenvalue weighted by molar-refractivity contribution is 0.277. The summed E-state index contributed by atoms with van der Waals surface area (Å²) in [6.07, 6.45) is 13.1. The minimum absolute atomic E-state index is 0.125. The maximum Gasteiger partial charge on any atom is 0.256 e. The Morgan fingerprint density at radius 3 is 2.60 bits per heavy atom. The molecule has 0 unspecified atom stereocenters. The smallest absolute Gasteiger partial charge is 0.256 e. The normalized spacial score (nSPS) is 15.8. The van der Waals surface area contributed by atoms with Gasteiger partial charge in [0, 0.05) is 57.4 Å². The summed E-state index contributed by atoms with van der Waals surface area (Å²) in [6.45, 7) is 2.38. The van der Waals surface area contributed by atoms with E-state index in [1.54, 1.807) is 29.3 Å². The van der Waals surface area contributed by atoms with Gasteiger partial charge < -0.3 is 20.6 Å². The van der Waals surface area contributed by atoms with E-state index < -0.39 is 10.0 Å². The second kappa shape index (κ2) is 11.9. The average molecular weight is 589 g/mol. The summed E-state index contributed by atoms with van der Waals surface area (Å²) < 4.78 is 27.8. The number of rotatable bonds is 9. The topological polar surface area (TPSA) is 156 Å². The number of aliphatic hydroxyl groups is 1. The molecule has 0 atom stereocenters. The van der Waals surface area contributed by atoms with Gasteiger partial charge >= 0.3 is 0 Å². The summed E-state index contributed by atoms with van der Waals surface area (Å²) >= 11 is 0. The van der Waals surface area contributed by atoms with Crippen LogP contribution in [0.15, 0.2) is 49.3 Å². The average Bonchev–Trinajstić information content (AvgIpc) is 3.60. The molecule has 4 aromatic heterocycles. The monoisotopic (exact) mass is 588 g/mol. The number of anilines is 3. The number of piperidine rings is 1. The molecular formula is C28H32N10O3S. The van der Waals surface area contributed by atoms with Gasteiger partial charge in [0.15, 0.2) is 5.82 Å². The Labute approximate surface area is 244 Å². The van der Waals surface area contributed by atoms with Gasteiger partial charge in [0.05, 0.1) is 52.8 Å². The van der Waals surface area contributed by atoms with Crippen LogP contribution in [0.25, 0.3) is 11.4 Å². The molecular weight excluding hydrogens is 556 g/mol. The summed E-state index contributed by atoms with van der Waals surface area (Å²) in [5.41, 5.74) is 3.10. The van der Waals surface area contributed by atoms with Crippen molar-refractivity contribution in [1.29, 1.82) is 0 Å². The molecule has 1 saturated carbocycles. The second-order valence-electron chi connectivity index (χ2n) is 10.4. The van der Waals surface area contributed by atoms with Crippen LogP contribution in [0, 0.1) is 11.8 Å². The van der Waals surface area contributed by atoms with Crippen LogP contribution in [0.2, 0.25) is 0 Å². The lowest BCUT2D eigenvalue weighted by atomic mass is 10.0. The zero-order valence-corrected chi connectivity index (χ0v) is 24.0. The minimum atomic E-state index is -3.47. The van der Waals surface area contributed by atoms with Crippen molar-refractivity contribution in [1.82, 2.24) is 39.2 Å². The highest BCUT2D eigenvalue weighted by Crippen LogP contribution is 2.31. The van der Waals surface area contributed by atoms with E-state index in [2.05, 4.69) is 52.5 Å². The molecule has 13 nitrogen and oxygen atoms in total. The SMILES string of the molecule is Cn1cc(C#Cc2cnc(Nc3ccnc(-c4cnn(S(=O)(=O)C5CC5)c4)n3)cc2N2CCC(NCCO)CC2)cn1. The van der Waals surface area contributed by atoms with Crippen molar-refractivity contribution in [3.63, 3.8) is 0 Å². The van der Waals surface area contributed by atoms with Crippen LogP contribution in [-0.4, -0.2) is 85.0 Å².